The average Bonchev–Trinajstić information content (AvgIpc) is 3.10. The Kier molecular flexibility index (Phi) is 4.86. The summed E-state index contributed by atoms with van der Waals surface area (Å²) in [5, 5.41) is 13.3. The van der Waals surface area contributed by atoms with Gasteiger partial charge in [0.2, 0.25) is 0 Å². The van der Waals surface area contributed by atoms with Gasteiger partial charge in [0, 0.05) is 31.2 Å². The number of nitrogens with zero attached hydrogens (tertiary/aromatic N) is 6. The molecule has 8 nitrogen and oxygen atoms in total. The molecule has 0 aliphatic carbocycles. The number of rotatable bonds is 2. The zero-order valence-electron chi connectivity index (χ0n) is 17.2. The zero-order valence-corrected chi connectivity index (χ0v) is 17.2. The quantitative estimate of drug-likeness (QED) is 0.664. The fourth-order valence-electron chi connectivity index (χ4n) is 3.47. The summed E-state index contributed by atoms with van der Waals surface area (Å²) >= 11 is 0. The Morgan fingerprint density at radius 1 is 1.07 bits per heavy atom. The summed E-state index contributed by atoms with van der Waals surface area (Å²) in [7, 11) is 0. The molecule has 29 heavy (non-hydrogen) atoms. The van der Waals surface area contributed by atoms with Crippen molar-refractivity contribution in [2.75, 3.05) is 24.5 Å². The van der Waals surface area contributed by atoms with Crippen molar-refractivity contribution in [3.8, 4) is 11.4 Å². The number of fused-ring (bicyclic) bond motifs is 1. The normalized spacial score (nSPS) is 17.6. The number of benzene rings is 1. The van der Waals surface area contributed by atoms with Gasteiger partial charge >= 0.3 is 6.09 Å². The summed E-state index contributed by atoms with van der Waals surface area (Å²) in [5.74, 6) is 1.55. The molecule has 1 aliphatic rings. The Hall–Kier alpha value is -3.16. The van der Waals surface area contributed by atoms with Crippen LogP contribution in [0.25, 0.3) is 17.0 Å². The van der Waals surface area contributed by atoms with E-state index in [1.807, 2.05) is 70.2 Å². The molecule has 152 valence electrons. The number of aromatic nitrogens is 4. The number of anilines is 1. The van der Waals surface area contributed by atoms with E-state index in [0.717, 1.165) is 11.4 Å². The van der Waals surface area contributed by atoms with E-state index < -0.39 is 5.60 Å². The lowest BCUT2D eigenvalue weighted by atomic mass is 10.2. The molecule has 0 saturated carbocycles. The fourth-order valence-corrected chi connectivity index (χ4v) is 3.47. The van der Waals surface area contributed by atoms with Crippen molar-refractivity contribution in [1.29, 1.82) is 0 Å². The highest BCUT2D eigenvalue weighted by molar-refractivity contribution is 5.69. The van der Waals surface area contributed by atoms with E-state index in [9.17, 15) is 4.79 Å². The van der Waals surface area contributed by atoms with Gasteiger partial charge in [-0.05, 0) is 39.8 Å². The van der Waals surface area contributed by atoms with Gasteiger partial charge in [0.25, 0.3) is 0 Å². The van der Waals surface area contributed by atoms with Gasteiger partial charge in [-0.2, -0.15) is 4.52 Å². The Balaban J connectivity index is 1.55. The second kappa shape index (κ2) is 7.35. The predicted octanol–water partition coefficient (Wildman–Crippen LogP) is 3.24. The van der Waals surface area contributed by atoms with Crippen LogP contribution in [0.15, 0.2) is 42.5 Å². The molecule has 0 bridgehead atoms. The second-order valence-electron chi connectivity index (χ2n) is 8.32. The van der Waals surface area contributed by atoms with E-state index in [4.69, 9.17) is 9.84 Å². The highest BCUT2D eigenvalue weighted by atomic mass is 16.6. The van der Waals surface area contributed by atoms with Crippen molar-refractivity contribution in [2.24, 2.45) is 0 Å². The molecule has 1 saturated heterocycles. The average molecular weight is 394 g/mol. The smallest absolute Gasteiger partial charge is 0.410 e. The Bertz CT molecular complexity index is 1010. The lowest BCUT2D eigenvalue weighted by Gasteiger charge is -2.40. The van der Waals surface area contributed by atoms with Gasteiger partial charge in [-0.15, -0.1) is 15.3 Å². The fraction of sp³-hybridized carbons (Fsp3) is 0.429. The molecule has 1 aromatic carbocycles. The third-order valence-electron chi connectivity index (χ3n) is 4.86. The van der Waals surface area contributed by atoms with Crippen molar-refractivity contribution in [3.05, 3.63) is 42.5 Å². The first-order valence-corrected chi connectivity index (χ1v) is 9.84. The van der Waals surface area contributed by atoms with Crippen molar-refractivity contribution < 1.29 is 9.53 Å². The Morgan fingerprint density at radius 2 is 1.83 bits per heavy atom. The van der Waals surface area contributed by atoms with Gasteiger partial charge in [0.15, 0.2) is 11.5 Å². The molecule has 1 aliphatic heterocycles. The minimum Gasteiger partial charge on any atom is -0.444 e. The topological polar surface area (TPSA) is 75.9 Å². The van der Waals surface area contributed by atoms with Crippen LogP contribution in [0.4, 0.5) is 10.6 Å². The first kappa shape index (κ1) is 19.2. The zero-order chi connectivity index (χ0) is 20.6. The standard InChI is InChI=1S/C21H26N6O2/c1-15-14-25(12-13-26(15)20(28)29-21(2,3)4)18-11-10-17-22-23-19(27(17)24-18)16-8-6-5-7-9-16/h5-11,15H,12-14H2,1-4H3/t15-/m1/s1. The maximum Gasteiger partial charge on any atom is 0.410 e. The summed E-state index contributed by atoms with van der Waals surface area (Å²) in [6.45, 7) is 9.63. The molecule has 0 unspecified atom stereocenters. The first-order valence-electron chi connectivity index (χ1n) is 9.84. The molecule has 0 radical (unpaired) electrons. The molecule has 1 fully saturated rings. The van der Waals surface area contributed by atoms with Crippen LogP contribution < -0.4 is 4.90 Å². The van der Waals surface area contributed by atoms with Gasteiger partial charge in [-0.1, -0.05) is 30.3 Å². The van der Waals surface area contributed by atoms with E-state index >= 15 is 0 Å². The van der Waals surface area contributed by atoms with Gasteiger partial charge in [0.1, 0.15) is 11.4 Å². The minimum absolute atomic E-state index is 0.0191. The molecule has 3 heterocycles. The Morgan fingerprint density at radius 3 is 2.52 bits per heavy atom. The van der Waals surface area contributed by atoms with Gasteiger partial charge in [-0.3, -0.25) is 0 Å². The van der Waals surface area contributed by atoms with E-state index in [0.29, 0.717) is 31.1 Å². The minimum atomic E-state index is -0.497. The van der Waals surface area contributed by atoms with Crippen molar-refractivity contribution in [2.45, 2.75) is 39.3 Å². The summed E-state index contributed by atoms with van der Waals surface area (Å²) in [6.07, 6.45) is -0.266. The van der Waals surface area contributed by atoms with Crippen molar-refractivity contribution >= 4 is 17.6 Å². The summed E-state index contributed by atoms with van der Waals surface area (Å²) in [5.41, 5.74) is 1.17. The molecule has 3 aromatic rings. The maximum atomic E-state index is 12.5. The SMILES string of the molecule is C[C@@H]1CN(c2ccc3nnc(-c4ccccc4)n3n2)CCN1C(=O)OC(C)(C)C. The van der Waals surface area contributed by atoms with E-state index in [1.165, 1.54) is 0 Å². The van der Waals surface area contributed by atoms with Crippen LogP contribution in [0, 0.1) is 0 Å². The van der Waals surface area contributed by atoms with Gasteiger partial charge in [-0.25, -0.2) is 4.79 Å². The molecular weight excluding hydrogens is 368 g/mol. The molecule has 1 atom stereocenters. The van der Waals surface area contributed by atoms with Crippen LogP contribution in [0.2, 0.25) is 0 Å². The van der Waals surface area contributed by atoms with Crippen molar-refractivity contribution in [1.82, 2.24) is 24.7 Å². The van der Waals surface area contributed by atoms with Crippen LogP contribution in [-0.4, -0.2) is 62.1 Å². The second-order valence-corrected chi connectivity index (χ2v) is 8.32. The van der Waals surface area contributed by atoms with Crippen molar-refractivity contribution in [3.63, 3.8) is 0 Å². The number of ether oxygens (including phenoxy) is 1. The van der Waals surface area contributed by atoms with E-state index in [1.54, 1.807) is 9.42 Å². The molecule has 0 spiro atoms. The highest BCUT2D eigenvalue weighted by Gasteiger charge is 2.31. The number of carbonyl (C=O) groups excluding carboxylic acids is 1. The molecule has 8 heteroatoms. The summed E-state index contributed by atoms with van der Waals surface area (Å²) in [6, 6.07) is 13.8. The van der Waals surface area contributed by atoms with Crippen LogP contribution >= 0.6 is 0 Å². The molecule has 4 rings (SSSR count). The van der Waals surface area contributed by atoms with Crippen LogP contribution in [0.3, 0.4) is 0 Å². The number of carbonyl (C=O) groups is 1. The van der Waals surface area contributed by atoms with E-state index in [2.05, 4.69) is 15.1 Å². The molecule has 0 N–H and O–H groups in total. The number of hydrogen-bond acceptors (Lipinski definition) is 6. The predicted molar refractivity (Wildman–Crippen MR) is 111 cm³/mol. The maximum absolute atomic E-state index is 12.5. The lowest BCUT2D eigenvalue weighted by Crippen LogP contribution is -2.55. The summed E-state index contributed by atoms with van der Waals surface area (Å²) < 4.78 is 7.31. The van der Waals surface area contributed by atoms with Gasteiger partial charge in [0.05, 0.1) is 0 Å². The van der Waals surface area contributed by atoms with Gasteiger partial charge < -0.3 is 14.5 Å². The molecule has 2 aromatic heterocycles. The number of piperazine rings is 1. The lowest BCUT2D eigenvalue weighted by molar-refractivity contribution is 0.0158. The first-order chi connectivity index (χ1) is 13.8. The molecule has 1 amide bonds. The highest BCUT2D eigenvalue weighted by Crippen LogP contribution is 2.22. The number of amides is 1. The van der Waals surface area contributed by atoms with E-state index in [-0.39, 0.29) is 12.1 Å². The third-order valence-corrected chi connectivity index (χ3v) is 4.86. The van der Waals surface area contributed by atoms with Crippen LogP contribution in [0.1, 0.15) is 27.7 Å². The Labute approximate surface area is 170 Å². The largest absolute Gasteiger partial charge is 0.444 e. The number of hydrogen-bond donors (Lipinski definition) is 0. The van der Waals surface area contributed by atoms with Crippen LogP contribution in [-0.2, 0) is 4.74 Å². The monoisotopic (exact) mass is 394 g/mol. The molecular formula is C21H26N6O2. The third kappa shape index (κ3) is 4.01. The summed E-state index contributed by atoms with van der Waals surface area (Å²) in [4.78, 5) is 16.4. The van der Waals surface area contributed by atoms with Crippen LogP contribution in [0.5, 0.6) is 0 Å².